The minimum Gasteiger partial charge on any atom is -0.494 e. The Morgan fingerprint density at radius 1 is 1.06 bits per heavy atom. The molecule has 0 bridgehead atoms. The van der Waals surface area contributed by atoms with Crippen LogP contribution in [0.5, 0.6) is 5.75 Å². The van der Waals surface area contributed by atoms with Crippen LogP contribution < -0.4 is 15.6 Å². The van der Waals surface area contributed by atoms with Crippen molar-refractivity contribution in [2.45, 2.75) is 45.1 Å². The van der Waals surface area contributed by atoms with Gasteiger partial charge in [-0.1, -0.05) is 31.5 Å². The van der Waals surface area contributed by atoms with E-state index in [9.17, 15) is 18.0 Å². The van der Waals surface area contributed by atoms with Crippen LogP contribution in [0.2, 0.25) is 0 Å². The van der Waals surface area contributed by atoms with Crippen LogP contribution >= 0.6 is 0 Å². The first kappa shape index (κ1) is 24.6. The largest absolute Gasteiger partial charge is 0.494 e. The number of nitrogens with zero attached hydrogens (tertiary/aromatic N) is 2. The fourth-order valence-electron chi connectivity index (χ4n) is 2.99. The molecule has 2 rings (SSSR count). The fourth-order valence-corrected chi connectivity index (χ4v) is 4.47. The molecule has 1 aromatic carbocycles. The van der Waals surface area contributed by atoms with E-state index in [2.05, 4.69) is 5.32 Å². The molecule has 2 aromatic rings. The monoisotopic (exact) mass is 449 g/mol. The van der Waals surface area contributed by atoms with E-state index in [0.29, 0.717) is 26.2 Å². The van der Waals surface area contributed by atoms with Crippen LogP contribution in [-0.4, -0.2) is 49.4 Å². The number of rotatable bonds is 12. The van der Waals surface area contributed by atoms with Crippen molar-refractivity contribution in [2.75, 3.05) is 26.2 Å². The molecule has 0 aliphatic heterocycles. The van der Waals surface area contributed by atoms with Gasteiger partial charge in [-0.3, -0.25) is 9.59 Å². The second kappa shape index (κ2) is 11.7. The molecule has 1 heterocycles. The molecule has 0 saturated carbocycles. The number of ether oxygens (including phenoxy) is 1. The summed E-state index contributed by atoms with van der Waals surface area (Å²) >= 11 is 0. The average Bonchev–Trinajstić information content (AvgIpc) is 2.74. The first-order valence-electron chi connectivity index (χ1n) is 10.4. The smallest absolute Gasteiger partial charge is 0.251 e. The van der Waals surface area contributed by atoms with E-state index in [1.165, 1.54) is 28.2 Å². The predicted molar refractivity (Wildman–Crippen MR) is 120 cm³/mol. The summed E-state index contributed by atoms with van der Waals surface area (Å²) in [5, 5.41) is 2.75. The molecular weight excluding hydrogens is 418 g/mol. The molecule has 0 aliphatic carbocycles. The number of aryl methyl sites for hydroxylation is 1. The molecule has 8 nitrogen and oxygen atoms in total. The number of unbranched alkanes of at least 4 members (excludes halogenated alkanes) is 1. The SMILES string of the molecule is CCN(CC)S(=O)(=O)c1ccc(=O)n(CC(=O)NCCCCOc2ccc(C)cc2)c1. The maximum atomic E-state index is 12.6. The van der Waals surface area contributed by atoms with Crippen molar-refractivity contribution >= 4 is 15.9 Å². The van der Waals surface area contributed by atoms with Crippen molar-refractivity contribution in [3.63, 3.8) is 0 Å². The van der Waals surface area contributed by atoms with E-state index in [1.807, 2.05) is 31.2 Å². The topological polar surface area (TPSA) is 97.7 Å². The Labute approximate surface area is 183 Å². The number of carbonyl (C=O) groups excluding carboxylic acids is 1. The van der Waals surface area contributed by atoms with Gasteiger partial charge < -0.3 is 14.6 Å². The van der Waals surface area contributed by atoms with Gasteiger partial charge in [0.15, 0.2) is 0 Å². The van der Waals surface area contributed by atoms with Crippen molar-refractivity contribution in [2.24, 2.45) is 0 Å². The van der Waals surface area contributed by atoms with Gasteiger partial charge in [-0.05, 0) is 38.0 Å². The molecule has 9 heteroatoms. The Balaban J connectivity index is 1.82. The van der Waals surface area contributed by atoms with Crippen LogP contribution in [0, 0.1) is 6.92 Å². The van der Waals surface area contributed by atoms with Gasteiger partial charge in [0.25, 0.3) is 5.56 Å². The number of amides is 1. The van der Waals surface area contributed by atoms with E-state index < -0.39 is 15.6 Å². The number of carbonyl (C=O) groups is 1. The van der Waals surface area contributed by atoms with Crippen LogP contribution in [0.1, 0.15) is 32.3 Å². The summed E-state index contributed by atoms with van der Waals surface area (Å²) < 4.78 is 33.3. The number of benzene rings is 1. The molecule has 0 fully saturated rings. The van der Waals surface area contributed by atoms with Crippen molar-refractivity contribution in [3.8, 4) is 5.75 Å². The van der Waals surface area contributed by atoms with Gasteiger partial charge >= 0.3 is 0 Å². The molecule has 170 valence electrons. The molecule has 1 aromatic heterocycles. The minimum atomic E-state index is -3.70. The second-order valence-corrected chi connectivity index (χ2v) is 9.08. The average molecular weight is 450 g/mol. The summed E-state index contributed by atoms with van der Waals surface area (Å²) in [6, 6.07) is 10.3. The van der Waals surface area contributed by atoms with Gasteiger partial charge in [-0.2, -0.15) is 4.31 Å². The number of sulfonamides is 1. The third-order valence-electron chi connectivity index (χ3n) is 4.80. The van der Waals surface area contributed by atoms with Gasteiger partial charge in [0.1, 0.15) is 12.3 Å². The lowest BCUT2D eigenvalue weighted by Gasteiger charge is -2.19. The van der Waals surface area contributed by atoms with E-state index in [-0.39, 0.29) is 17.3 Å². The van der Waals surface area contributed by atoms with Crippen LogP contribution in [0.25, 0.3) is 0 Å². The Kier molecular flexibility index (Phi) is 9.26. The molecule has 0 unspecified atom stereocenters. The van der Waals surface area contributed by atoms with E-state index >= 15 is 0 Å². The second-order valence-electron chi connectivity index (χ2n) is 7.14. The minimum absolute atomic E-state index is 0.00291. The maximum absolute atomic E-state index is 12.6. The Morgan fingerprint density at radius 2 is 1.74 bits per heavy atom. The lowest BCUT2D eigenvalue weighted by atomic mass is 10.2. The number of aromatic nitrogens is 1. The summed E-state index contributed by atoms with van der Waals surface area (Å²) in [6.45, 7) is 6.91. The molecule has 1 amide bonds. The lowest BCUT2D eigenvalue weighted by molar-refractivity contribution is -0.121. The van der Waals surface area contributed by atoms with Gasteiger partial charge in [0, 0.05) is 31.9 Å². The summed E-state index contributed by atoms with van der Waals surface area (Å²) in [7, 11) is -3.70. The zero-order valence-electron chi connectivity index (χ0n) is 18.3. The third-order valence-corrected chi connectivity index (χ3v) is 6.83. The Morgan fingerprint density at radius 3 is 2.39 bits per heavy atom. The highest BCUT2D eigenvalue weighted by Crippen LogP contribution is 2.14. The highest BCUT2D eigenvalue weighted by atomic mass is 32.2. The molecule has 0 spiro atoms. The van der Waals surface area contributed by atoms with Crippen molar-refractivity contribution < 1.29 is 17.9 Å². The van der Waals surface area contributed by atoms with Crippen molar-refractivity contribution in [1.29, 1.82) is 0 Å². The Hall–Kier alpha value is -2.65. The summed E-state index contributed by atoms with van der Waals surface area (Å²) in [5.41, 5.74) is 0.741. The molecular formula is C22H31N3O5S. The molecule has 0 radical (unpaired) electrons. The van der Waals surface area contributed by atoms with Crippen LogP contribution in [0.4, 0.5) is 0 Å². The highest BCUT2D eigenvalue weighted by molar-refractivity contribution is 7.89. The van der Waals surface area contributed by atoms with Gasteiger partial charge in [-0.25, -0.2) is 8.42 Å². The quantitative estimate of drug-likeness (QED) is 0.501. The number of hydrogen-bond acceptors (Lipinski definition) is 5. The van der Waals surface area contributed by atoms with E-state index in [4.69, 9.17) is 4.74 Å². The van der Waals surface area contributed by atoms with Crippen LogP contribution in [0.3, 0.4) is 0 Å². The number of pyridine rings is 1. The third kappa shape index (κ3) is 7.22. The molecule has 0 atom stereocenters. The first-order chi connectivity index (χ1) is 14.8. The Bertz CT molecular complexity index is 1010. The summed E-state index contributed by atoms with van der Waals surface area (Å²) in [4.78, 5) is 24.3. The van der Waals surface area contributed by atoms with E-state index in [1.54, 1.807) is 13.8 Å². The highest BCUT2D eigenvalue weighted by Gasteiger charge is 2.22. The lowest BCUT2D eigenvalue weighted by Crippen LogP contribution is -2.34. The standard InChI is InChI=1S/C22H31N3O5S/c1-4-25(5-2)31(28,29)20-12-13-22(27)24(16-20)17-21(26)23-14-6-7-15-30-19-10-8-18(3)9-11-19/h8-13,16H,4-7,14-15,17H2,1-3H3,(H,23,26). The summed E-state index contributed by atoms with van der Waals surface area (Å²) in [5.74, 6) is 0.465. The number of nitrogens with one attached hydrogen (secondary N) is 1. The van der Waals surface area contributed by atoms with Crippen LogP contribution in [0.15, 0.2) is 52.3 Å². The molecule has 1 N–H and O–H groups in total. The van der Waals surface area contributed by atoms with Crippen molar-refractivity contribution in [1.82, 2.24) is 14.2 Å². The van der Waals surface area contributed by atoms with Crippen molar-refractivity contribution in [3.05, 3.63) is 58.5 Å². The maximum Gasteiger partial charge on any atom is 0.251 e. The number of hydrogen-bond donors (Lipinski definition) is 1. The molecule has 0 aliphatic rings. The van der Waals surface area contributed by atoms with Gasteiger partial charge in [-0.15, -0.1) is 0 Å². The van der Waals surface area contributed by atoms with Gasteiger partial charge in [0.2, 0.25) is 15.9 Å². The first-order valence-corrected chi connectivity index (χ1v) is 11.9. The molecule has 31 heavy (non-hydrogen) atoms. The molecule has 0 saturated heterocycles. The zero-order valence-corrected chi connectivity index (χ0v) is 19.2. The van der Waals surface area contributed by atoms with Crippen LogP contribution in [-0.2, 0) is 21.4 Å². The predicted octanol–water partition coefficient (Wildman–Crippen LogP) is 2.16. The zero-order chi connectivity index (χ0) is 22.9. The normalized spacial score (nSPS) is 11.5. The fraction of sp³-hybridized carbons (Fsp3) is 0.455. The van der Waals surface area contributed by atoms with Gasteiger partial charge in [0.05, 0.1) is 11.5 Å². The van der Waals surface area contributed by atoms with E-state index in [0.717, 1.165) is 23.2 Å². The summed E-state index contributed by atoms with van der Waals surface area (Å²) in [6.07, 6.45) is 2.72.